The minimum atomic E-state index is -0.223. The number of aryl methyl sites for hydroxylation is 2. The molecule has 0 saturated carbocycles. The van der Waals surface area contributed by atoms with Crippen LogP contribution in [0.4, 0.5) is 11.5 Å². The number of pyridine rings is 1. The molecule has 3 heterocycles. The summed E-state index contributed by atoms with van der Waals surface area (Å²) in [4.78, 5) is 26.5. The summed E-state index contributed by atoms with van der Waals surface area (Å²) in [6.45, 7) is 4.10. The highest BCUT2D eigenvalue weighted by Gasteiger charge is 2.17. The Balaban J connectivity index is 1.60. The molecule has 3 N–H and O–H groups in total. The van der Waals surface area contributed by atoms with Gasteiger partial charge in [-0.3, -0.25) is 9.78 Å². The summed E-state index contributed by atoms with van der Waals surface area (Å²) in [6, 6.07) is 13.5. The van der Waals surface area contributed by atoms with Gasteiger partial charge in [-0.2, -0.15) is 5.10 Å². The fourth-order valence-corrected chi connectivity index (χ4v) is 4.76. The molecule has 0 radical (unpaired) electrons. The van der Waals surface area contributed by atoms with Crippen LogP contribution in [0.15, 0.2) is 59.7 Å². The Kier molecular flexibility index (Phi) is 6.79. The van der Waals surface area contributed by atoms with Gasteiger partial charge in [0.15, 0.2) is 0 Å². The van der Waals surface area contributed by atoms with E-state index in [4.69, 9.17) is 22.1 Å². The SMILES string of the molecule is COc1nc(-c2cccc(-c3cccc(Nc4nc(C)cc5cnn(C)c(=O)c45)c3C)c2Cl)cnc1CN. The highest BCUT2D eigenvalue weighted by molar-refractivity contribution is 6.36. The summed E-state index contributed by atoms with van der Waals surface area (Å²) in [7, 11) is 3.15. The Bertz CT molecular complexity index is 1750. The molecular weight excluding hydrogens is 502 g/mol. The molecule has 5 aromatic rings. The number of halogens is 1. The molecule has 0 atom stereocenters. The van der Waals surface area contributed by atoms with Crippen LogP contribution < -0.4 is 21.3 Å². The van der Waals surface area contributed by atoms with Crippen LogP contribution in [-0.4, -0.2) is 31.8 Å². The number of nitrogens with two attached hydrogens (primary N) is 1. The number of ether oxygens (including phenoxy) is 1. The van der Waals surface area contributed by atoms with E-state index in [2.05, 4.69) is 25.4 Å². The van der Waals surface area contributed by atoms with Crippen LogP contribution in [0, 0.1) is 13.8 Å². The Morgan fingerprint density at radius 2 is 1.79 bits per heavy atom. The minimum Gasteiger partial charge on any atom is -0.480 e. The van der Waals surface area contributed by atoms with Gasteiger partial charge in [-0.1, -0.05) is 41.9 Å². The van der Waals surface area contributed by atoms with E-state index in [1.54, 1.807) is 19.4 Å². The van der Waals surface area contributed by atoms with Crippen molar-refractivity contribution < 1.29 is 4.74 Å². The number of nitrogens with zero attached hydrogens (tertiary/aromatic N) is 5. The summed E-state index contributed by atoms with van der Waals surface area (Å²) >= 11 is 6.95. The van der Waals surface area contributed by atoms with Crippen molar-refractivity contribution in [2.45, 2.75) is 20.4 Å². The van der Waals surface area contributed by atoms with Crippen LogP contribution in [-0.2, 0) is 13.6 Å². The van der Waals surface area contributed by atoms with E-state index in [-0.39, 0.29) is 12.1 Å². The predicted molar refractivity (Wildman–Crippen MR) is 150 cm³/mol. The van der Waals surface area contributed by atoms with Crippen molar-refractivity contribution in [3.63, 3.8) is 0 Å². The predicted octanol–water partition coefficient (Wildman–Crippen LogP) is 4.93. The van der Waals surface area contributed by atoms with E-state index >= 15 is 0 Å². The van der Waals surface area contributed by atoms with Crippen molar-refractivity contribution in [2.75, 3.05) is 12.4 Å². The van der Waals surface area contributed by atoms with Gasteiger partial charge in [0.2, 0.25) is 5.88 Å². The molecule has 9 nitrogen and oxygen atoms in total. The van der Waals surface area contributed by atoms with Gasteiger partial charge in [0.25, 0.3) is 5.56 Å². The molecule has 38 heavy (non-hydrogen) atoms. The fraction of sp³-hybridized carbons (Fsp3) is 0.179. The Morgan fingerprint density at radius 3 is 2.55 bits per heavy atom. The maximum absolute atomic E-state index is 12.9. The third-order valence-corrected chi connectivity index (χ3v) is 6.81. The third-order valence-electron chi connectivity index (χ3n) is 6.41. The second-order valence-electron chi connectivity index (χ2n) is 8.84. The molecule has 5 rings (SSSR count). The van der Waals surface area contributed by atoms with Gasteiger partial charge in [-0.05, 0) is 37.1 Å². The molecule has 0 spiro atoms. The van der Waals surface area contributed by atoms with Gasteiger partial charge >= 0.3 is 0 Å². The zero-order valence-corrected chi connectivity index (χ0v) is 22.2. The first-order valence-electron chi connectivity index (χ1n) is 11.9. The summed E-state index contributed by atoms with van der Waals surface area (Å²) < 4.78 is 6.66. The number of aromatic nitrogens is 5. The second-order valence-corrected chi connectivity index (χ2v) is 9.21. The number of anilines is 2. The molecule has 0 aliphatic carbocycles. The number of hydrogen-bond donors (Lipinski definition) is 2. The Hall–Kier alpha value is -4.34. The molecule has 0 unspecified atom stereocenters. The average molecular weight is 528 g/mol. The Morgan fingerprint density at radius 1 is 1.05 bits per heavy atom. The fourth-order valence-electron chi connectivity index (χ4n) is 4.44. The van der Waals surface area contributed by atoms with Crippen LogP contribution >= 0.6 is 11.6 Å². The van der Waals surface area contributed by atoms with Crippen LogP contribution in [0.3, 0.4) is 0 Å². The van der Waals surface area contributed by atoms with Crippen molar-refractivity contribution in [1.82, 2.24) is 24.7 Å². The molecule has 0 bridgehead atoms. The molecule has 0 aliphatic rings. The monoisotopic (exact) mass is 527 g/mol. The molecule has 0 aliphatic heterocycles. The summed E-state index contributed by atoms with van der Waals surface area (Å²) in [5, 5.41) is 9.26. The lowest BCUT2D eigenvalue weighted by Crippen LogP contribution is -2.20. The van der Waals surface area contributed by atoms with Gasteiger partial charge in [0.1, 0.15) is 11.5 Å². The molecule has 2 aromatic carbocycles. The number of benzene rings is 2. The number of rotatable bonds is 6. The van der Waals surface area contributed by atoms with E-state index in [0.717, 1.165) is 39.0 Å². The topological polar surface area (TPSA) is 121 Å². The van der Waals surface area contributed by atoms with Gasteiger partial charge < -0.3 is 15.8 Å². The number of nitrogens with one attached hydrogen (secondary N) is 1. The summed E-state index contributed by atoms with van der Waals surface area (Å²) in [5.41, 5.74) is 11.7. The van der Waals surface area contributed by atoms with Crippen molar-refractivity contribution in [2.24, 2.45) is 12.8 Å². The zero-order chi connectivity index (χ0) is 27.0. The van der Waals surface area contributed by atoms with E-state index in [1.165, 1.54) is 11.8 Å². The van der Waals surface area contributed by atoms with Gasteiger partial charge in [-0.15, -0.1) is 0 Å². The minimum absolute atomic E-state index is 0.219. The molecule has 0 saturated heterocycles. The first-order chi connectivity index (χ1) is 18.3. The van der Waals surface area contributed by atoms with Crippen molar-refractivity contribution in [3.8, 4) is 28.3 Å². The van der Waals surface area contributed by atoms with E-state index < -0.39 is 0 Å². The highest BCUT2D eigenvalue weighted by Crippen LogP contribution is 2.39. The van der Waals surface area contributed by atoms with Crippen LogP contribution in [0.2, 0.25) is 5.02 Å². The first kappa shape index (κ1) is 25.3. The second kappa shape index (κ2) is 10.2. The van der Waals surface area contributed by atoms with Crippen LogP contribution in [0.25, 0.3) is 33.2 Å². The van der Waals surface area contributed by atoms with Gasteiger partial charge in [-0.25, -0.2) is 14.6 Å². The third kappa shape index (κ3) is 4.46. The lowest BCUT2D eigenvalue weighted by atomic mass is 9.96. The molecular formula is C28H26ClN7O2. The van der Waals surface area contributed by atoms with E-state index in [0.29, 0.717) is 33.5 Å². The molecule has 3 aromatic heterocycles. The first-order valence-corrected chi connectivity index (χ1v) is 12.3. The largest absolute Gasteiger partial charge is 0.480 e. The van der Waals surface area contributed by atoms with Crippen molar-refractivity contribution in [3.05, 3.63) is 87.2 Å². The van der Waals surface area contributed by atoms with E-state index in [9.17, 15) is 4.79 Å². The van der Waals surface area contributed by atoms with E-state index in [1.807, 2.05) is 56.3 Å². The standard InChI is InChI=1S/C28H26ClN7O2/c1-15-11-17-13-32-36(3)28(37)24(17)26(33-15)34-21-10-6-7-18(16(21)2)19-8-5-9-20(25(19)29)23-14-31-22(12-30)27(35-23)38-4/h5-11,13-14H,12,30H2,1-4H3,(H,33,34). The quantitative estimate of drug-likeness (QED) is 0.319. The van der Waals surface area contributed by atoms with Crippen molar-refractivity contribution >= 4 is 33.9 Å². The smallest absolute Gasteiger partial charge is 0.278 e. The lowest BCUT2D eigenvalue weighted by molar-refractivity contribution is 0.390. The number of fused-ring (bicyclic) bond motifs is 1. The summed E-state index contributed by atoms with van der Waals surface area (Å²) in [5.74, 6) is 0.846. The van der Waals surface area contributed by atoms with Crippen LogP contribution in [0.1, 0.15) is 17.0 Å². The molecule has 0 amide bonds. The average Bonchev–Trinajstić information content (AvgIpc) is 2.91. The summed E-state index contributed by atoms with van der Waals surface area (Å²) in [6.07, 6.45) is 3.31. The highest BCUT2D eigenvalue weighted by atomic mass is 35.5. The lowest BCUT2D eigenvalue weighted by Gasteiger charge is -2.17. The zero-order valence-electron chi connectivity index (χ0n) is 21.4. The van der Waals surface area contributed by atoms with Gasteiger partial charge in [0.05, 0.1) is 35.6 Å². The number of methoxy groups -OCH3 is 1. The number of hydrogen-bond acceptors (Lipinski definition) is 8. The van der Waals surface area contributed by atoms with Gasteiger partial charge in [0, 0.05) is 41.5 Å². The normalized spacial score (nSPS) is 11.1. The Labute approximate surface area is 224 Å². The molecule has 192 valence electrons. The maximum atomic E-state index is 12.9. The molecule has 10 heteroatoms. The van der Waals surface area contributed by atoms with Crippen LogP contribution in [0.5, 0.6) is 5.88 Å². The van der Waals surface area contributed by atoms with Crippen molar-refractivity contribution in [1.29, 1.82) is 0 Å². The molecule has 0 fully saturated rings. The maximum Gasteiger partial charge on any atom is 0.278 e.